The number of unbranched alkanes of at least 4 members (excludes halogenated alkanes) is 28. The molecule has 0 bridgehead atoms. The Balaban J connectivity index is 4.37. The van der Waals surface area contributed by atoms with Crippen molar-refractivity contribution < 1.29 is 28.6 Å². The van der Waals surface area contributed by atoms with E-state index in [4.69, 9.17) is 14.2 Å². The molecule has 6 nitrogen and oxygen atoms in total. The van der Waals surface area contributed by atoms with Crippen LogP contribution < -0.4 is 0 Å². The van der Waals surface area contributed by atoms with E-state index in [1.165, 1.54) is 148 Å². The van der Waals surface area contributed by atoms with Gasteiger partial charge >= 0.3 is 17.9 Å². The van der Waals surface area contributed by atoms with Gasteiger partial charge in [-0.15, -0.1) is 0 Å². The lowest BCUT2D eigenvalue weighted by molar-refractivity contribution is -0.167. The summed E-state index contributed by atoms with van der Waals surface area (Å²) >= 11 is 0. The Labute approximate surface area is 396 Å². The van der Waals surface area contributed by atoms with Crippen molar-refractivity contribution in [2.24, 2.45) is 0 Å². The summed E-state index contributed by atoms with van der Waals surface area (Å²) in [4.78, 5) is 38.0. The van der Waals surface area contributed by atoms with Gasteiger partial charge in [0.05, 0.1) is 0 Å². The molecule has 0 aromatic heterocycles. The van der Waals surface area contributed by atoms with Crippen molar-refractivity contribution in [1.29, 1.82) is 0 Å². The van der Waals surface area contributed by atoms with Gasteiger partial charge in [-0.1, -0.05) is 229 Å². The van der Waals surface area contributed by atoms with Crippen LogP contribution in [-0.2, 0) is 28.6 Å². The van der Waals surface area contributed by atoms with Gasteiger partial charge in [-0.05, 0) is 83.5 Å². The summed E-state index contributed by atoms with van der Waals surface area (Å²) < 4.78 is 16.8. The van der Waals surface area contributed by atoms with Crippen LogP contribution in [0.25, 0.3) is 0 Å². The van der Waals surface area contributed by atoms with Crippen LogP contribution in [0.2, 0.25) is 0 Å². The molecule has 0 fully saturated rings. The topological polar surface area (TPSA) is 78.9 Å². The molecule has 0 aromatic rings. The lowest BCUT2D eigenvalue weighted by Crippen LogP contribution is -2.30. The van der Waals surface area contributed by atoms with Crippen LogP contribution in [0.1, 0.15) is 271 Å². The van der Waals surface area contributed by atoms with Gasteiger partial charge in [0, 0.05) is 19.3 Å². The summed E-state index contributed by atoms with van der Waals surface area (Å²) in [6.07, 6.45) is 65.0. The van der Waals surface area contributed by atoms with Gasteiger partial charge in [0.2, 0.25) is 0 Å². The van der Waals surface area contributed by atoms with E-state index in [0.29, 0.717) is 19.3 Å². The SMILES string of the molecule is CC/C=C\C/C=C\C/C=C\C/C=C\CCCCC(=O)OC[C@H](COC(=O)CCCCCCCCCCC/C=C\CCCCCCCC)OC(=O)CCCCCCCCCCCCCC. The van der Waals surface area contributed by atoms with Gasteiger partial charge in [-0.2, -0.15) is 0 Å². The van der Waals surface area contributed by atoms with E-state index in [1.54, 1.807) is 0 Å². The first-order valence-electron chi connectivity index (χ1n) is 27.3. The van der Waals surface area contributed by atoms with Crippen LogP contribution in [0.4, 0.5) is 0 Å². The minimum Gasteiger partial charge on any atom is -0.462 e. The van der Waals surface area contributed by atoms with Gasteiger partial charge in [-0.3, -0.25) is 14.4 Å². The zero-order chi connectivity index (χ0) is 46.5. The number of hydrogen-bond acceptors (Lipinski definition) is 6. The third-order valence-corrected chi connectivity index (χ3v) is 11.8. The summed E-state index contributed by atoms with van der Waals surface area (Å²) in [7, 11) is 0. The van der Waals surface area contributed by atoms with E-state index in [2.05, 4.69) is 81.5 Å². The third kappa shape index (κ3) is 50.1. The van der Waals surface area contributed by atoms with E-state index in [-0.39, 0.29) is 31.1 Å². The minimum atomic E-state index is -0.789. The summed E-state index contributed by atoms with van der Waals surface area (Å²) in [5, 5.41) is 0. The number of carbonyl (C=O) groups is 3. The van der Waals surface area contributed by atoms with Gasteiger partial charge in [-0.25, -0.2) is 0 Å². The fourth-order valence-corrected chi connectivity index (χ4v) is 7.66. The Bertz CT molecular complexity index is 1170. The molecule has 6 heteroatoms. The predicted molar refractivity (Wildman–Crippen MR) is 275 cm³/mol. The molecule has 1 atom stereocenters. The van der Waals surface area contributed by atoms with Gasteiger partial charge < -0.3 is 14.2 Å². The molecule has 0 saturated carbocycles. The molecular formula is C58H102O6. The van der Waals surface area contributed by atoms with Gasteiger partial charge in [0.1, 0.15) is 13.2 Å². The van der Waals surface area contributed by atoms with Crippen LogP contribution in [0.15, 0.2) is 60.8 Å². The van der Waals surface area contributed by atoms with Crippen LogP contribution >= 0.6 is 0 Å². The first kappa shape index (κ1) is 61.1. The third-order valence-electron chi connectivity index (χ3n) is 11.8. The second-order valence-electron chi connectivity index (χ2n) is 18.1. The van der Waals surface area contributed by atoms with Crippen molar-refractivity contribution in [1.82, 2.24) is 0 Å². The summed E-state index contributed by atoms with van der Waals surface area (Å²) in [6.45, 7) is 6.50. The maximum Gasteiger partial charge on any atom is 0.306 e. The molecule has 0 aliphatic heterocycles. The minimum absolute atomic E-state index is 0.0863. The number of esters is 3. The second kappa shape index (κ2) is 52.7. The molecule has 0 rings (SSSR count). The average Bonchev–Trinajstić information content (AvgIpc) is 3.29. The van der Waals surface area contributed by atoms with Crippen molar-refractivity contribution >= 4 is 17.9 Å². The van der Waals surface area contributed by atoms with Gasteiger partial charge in [0.25, 0.3) is 0 Å². The molecule has 0 spiro atoms. The average molecular weight is 895 g/mol. The molecule has 0 saturated heterocycles. The summed E-state index contributed by atoms with van der Waals surface area (Å²) in [6, 6.07) is 0. The Hall–Kier alpha value is -2.89. The number of allylic oxidation sites excluding steroid dienone is 10. The Morgan fingerprint density at radius 1 is 0.328 bits per heavy atom. The molecular weight excluding hydrogens is 793 g/mol. The molecule has 64 heavy (non-hydrogen) atoms. The molecule has 0 aliphatic carbocycles. The lowest BCUT2D eigenvalue weighted by atomic mass is 10.0. The maximum atomic E-state index is 12.8. The van der Waals surface area contributed by atoms with Crippen LogP contribution in [0, 0.1) is 0 Å². The lowest BCUT2D eigenvalue weighted by Gasteiger charge is -2.18. The molecule has 0 amide bonds. The number of hydrogen-bond donors (Lipinski definition) is 0. The monoisotopic (exact) mass is 895 g/mol. The first-order chi connectivity index (χ1) is 31.5. The highest BCUT2D eigenvalue weighted by atomic mass is 16.6. The largest absolute Gasteiger partial charge is 0.462 e. The molecule has 0 aromatic carbocycles. The molecule has 0 aliphatic rings. The van der Waals surface area contributed by atoms with E-state index < -0.39 is 6.10 Å². The quantitative estimate of drug-likeness (QED) is 0.0262. The normalized spacial score (nSPS) is 12.5. The summed E-state index contributed by atoms with van der Waals surface area (Å²) in [5.74, 6) is -0.923. The molecule has 370 valence electrons. The van der Waals surface area contributed by atoms with Crippen molar-refractivity contribution in [3.63, 3.8) is 0 Å². The Morgan fingerprint density at radius 3 is 1.00 bits per heavy atom. The fourth-order valence-electron chi connectivity index (χ4n) is 7.66. The number of carbonyl (C=O) groups excluding carboxylic acids is 3. The van der Waals surface area contributed by atoms with Crippen molar-refractivity contribution in [3.8, 4) is 0 Å². The smallest absolute Gasteiger partial charge is 0.306 e. The zero-order valence-corrected chi connectivity index (χ0v) is 42.3. The Morgan fingerprint density at radius 2 is 0.609 bits per heavy atom. The molecule has 0 unspecified atom stereocenters. The van der Waals surface area contributed by atoms with E-state index >= 15 is 0 Å². The van der Waals surface area contributed by atoms with Crippen molar-refractivity contribution in [2.45, 2.75) is 277 Å². The highest BCUT2D eigenvalue weighted by Crippen LogP contribution is 2.15. The van der Waals surface area contributed by atoms with Crippen LogP contribution in [0.5, 0.6) is 0 Å². The first-order valence-corrected chi connectivity index (χ1v) is 27.3. The van der Waals surface area contributed by atoms with E-state index in [1.807, 2.05) is 0 Å². The van der Waals surface area contributed by atoms with E-state index in [0.717, 1.165) is 83.5 Å². The highest BCUT2D eigenvalue weighted by molar-refractivity contribution is 5.71. The van der Waals surface area contributed by atoms with Crippen molar-refractivity contribution in [2.75, 3.05) is 13.2 Å². The number of ether oxygens (including phenoxy) is 3. The number of rotatable bonds is 49. The van der Waals surface area contributed by atoms with Crippen LogP contribution in [-0.4, -0.2) is 37.2 Å². The highest BCUT2D eigenvalue weighted by Gasteiger charge is 2.19. The molecule has 0 heterocycles. The molecule has 0 N–H and O–H groups in total. The zero-order valence-electron chi connectivity index (χ0n) is 42.3. The standard InChI is InChI=1S/C58H102O6/c1-4-7-10-13-16-19-22-25-27-28-29-30-32-34-37-39-42-45-48-51-57(60)63-54-55(64-58(61)52-49-46-43-40-35-24-21-18-15-12-9-6-3)53-62-56(59)50-47-44-41-38-36-33-31-26-23-20-17-14-11-8-5-2/h8,11,17,20,25-27,31,36,38,55H,4-7,9-10,12-16,18-19,21-24,28-30,32-35,37,39-54H2,1-3H3/b11-8-,20-17-,27-25-,31-26-,38-36-/t55-/m1/s1. The van der Waals surface area contributed by atoms with Gasteiger partial charge in [0.15, 0.2) is 6.10 Å². The molecule has 0 radical (unpaired) electrons. The Kier molecular flexibility index (Phi) is 50.4. The van der Waals surface area contributed by atoms with Crippen LogP contribution in [0.3, 0.4) is 0 Å². The predicted octanol–water partition coefficient (Wildman–Crippen LogP) is 18.0. The van der Waals surface area contributed by atoms with E-state index in [9.17, 15) is 14.4 Å². The van der Waals surface area contributed by atoms with Crippen molar-refractivity contribution in [3.05, 3.63) is 60.8 Å². The fraction of sp³-hybridized carbons (Fsp3) is 0.776. The second-order valence-corrected chi connectivity index (χ2v) is 18.1. The summed E-state index contributed by atoms with van der Waals surface area (Å²) in [5.41, 5.74) is 0. The maximum absolute atomic E-state index is 12.8.